The minimum Gasteiger partial charge on any atom is -0.357 e. The topological polar surface area (TPSA) is 62.0 Å². The van der Waals surface area contributed by atoms with Crippen LogP contribution in [0.1, 0.15) is 10.5 Å². The van der Waals surface area contributed by atoms with Gasteiger partial charge in [0.05, 0.1) is 5.69 Å². The van der Waals surface area contributed by atoms with Gasteiger partial charge in [-0.1, -0.05) is 12.1 Å². The van der Waals surface area contributed by atoms with Gasteiger partial charge in [-0.2, -0.15) is 0 Å². The predicted molar refractivity (Wildman–Crippen MR) is 81.4 cm³/mol. The van der Waals surface area contributed by atoms with Crippen LogP contribution in [0.3, 0.4) is 0 Å². The Hall–Kier alpha value is -2.18. The molecule has 100 valence electrons. The van der Waals surface area contributed by atoms with Gasteiger partial charge < -0.3 is 10.3 Å². The van der Waals surface area contributed by atoms with Crippen molar-refractivity contribution < 1.29 is 9.59 Å². The third-order valence-electron chi connectivity index (χ3n) is 2.71. The molecule has 1 amide bonds. The summed E-state index contributed by atoms with van der Waals surface area (Å²) in [5.74, 6) is -1.04. The molecule has 0 fully saturated rings. The standard InChI is InChI=1S/C8H6S2.C6H4N2O2/c1-3-7(9-5-1)8-4-2-6-10-8;9-5-4-3(1-2-7-4)8-6(5)10/h1-6H;1-2,7H,(H,8,9,10). The first-order valence-electron chi connectivity index (χ1n) is 5.86. The fourth-order valence-corrected chi connectivity index (χ4v) is 3.37. The molecule has 2 N–H and O–H groups in total. The molecule has 4 rings (SSSR count). The van der Waals surface area contributed by atoms with Gasteiger partial charge in [0.15, 0.2) is 0 Å². The molecule has 4 heterocycles. The number of rotatable bonds is 1. The fourth-order valence-electron chi connectivity index (χ4n) is 1.79. The second-order valence-corrected chi connectivity index (χ2v) is 5.90. The van der Waals surface area contributed by atoms with E-state index in [1.54, 1.807) is 34.9 Å². The van der Waals surface area contributed by atoms with Gasteiger partial charge in [-0.3, -0.25) is 9.59 Å². The first kappa shape index (κ1) is 12.8. The molecular weight excluding hydrogens is 292 g/mol. The number of Topliss-reactive ketones (excluding diaryl/α,β-unsaturated/α-hetero) is 1. The number of carbonyl (C=O) groups excluding carboxylic acids is 2. The molecule has 0 radical (unpaired) electrons. The van der Waals surface area contributed by atoms with Gasteiger partial charge in [0, 0.05) is 16.0 Å². The molecular formula is C14H10N2O2S2. The van der Waals surface area contributed by atoms with Crippen molar-refractivity contribution in [3.8, 4) is 9.75 Å². The molecule has 0 aromatic carbocycles. The van der Waals surface area contributed by atoms with Crippen LogP contribution in [0.15, 0.2) is 47.3 Å². The lowest BCUT2D eigenvalue weighted by molar-refractivity contribution is -0.112. The van der Waals surface area contributed by atoms with Crippen LogP contribution >= 0.6 is 22.7 Å². The summed E-state index contributed by atoms with van der Waals surface area (Å²) in [6, 6.07) is 10.1. The molecule has 3 aromatic heterocycles. The van der Waals surface area contributed by atoms with Gasteiger partial charge in [-0.15, -0.1) is 22.7 Å². The van der Waals surface area contributed by atoms with E-state index in [1.807, 2.05) is 0 Å². The van der Waals surface area contributed by atoms with E-state index in [1.165, 1.54) is 9.75 Å². The van der Waals surface area contributed by atoms with Crippen LogP contribution < -0.4 is 5.32 Å². The molecule has 0 spiro atoms. The molecule has 0 saturated heterocycles. The van der Waals surface area contributed by atoms with Crippen LogP contribution in [0.5, 0.6) is 0 Å². The van der Waals surface area contributed by atoms with Gasteiger partial charge in [-0.05, 0) is 29.0 Å². The number of nitrogens with one attached hydrogen (secondary N) is 2. The molecule has 3 aromatic rings. The summed E-state index contributed by atoms with van der Waals surface area (Å²) in [6.45, 7) is 0. The number of ketones is 1. The highest BCUT2D eigenvalue weighted by Crippen LogP contribution is 2.28. The summed E-state index contributed by atoms with van der Waals surface area (Å²) < 4.78 is 0. The van der Waals surface area contributed by atoms with Crippen molar-refractivity contribution in [2.45, 2.75) is 0 Å². The molecule has 0 atom stereocenters. The van der Waals surface area contributed by atoms with Crippen LogP contribution in [0.25, 0.3) is 9.75 Å². The Morgan fingerprint density at radius 1 is 0.900 bits per heavy atom. The Morgan fingerprint density at radius 3 is 2.05 bits per heavy atom. The van der Waals surface area contributed by atoms with Crippen LogP contribution in [0, 0.1) is 0 Å². The lowest BCUT2D eigenvalue weighted by Gasteiger charge is -1.84. The number of amides is 1. The molecule has 4 nitrogen and oxygen atoms in total. The number of H-pyrrole nitrogens is 1. The number of hydrogen-bond donors (Lipinski definition) is 2. The summed E-state index contributed by atoms with van der Waals surface area (Å²) >= 11 is 3.58. The maximum atomic E-state index is 10.8. The Balaban J connectivity index is 0.000000121. The van der Waals surface area contributed by atoms with Crippen LogP contribution in [0.4, 0.5) is 5.69 Å². The van der Waals surface area contributed by atoms with Gasteiger partial charge in [0.2, 0.25) is 0 Å². The number of fused-ring (bicyclic) bond motifs is 1. The number of carbonyl (C=O) groups is 2. The third-order valence-corrected chi connectivity index (χ3v) is 4.65. The van der Waals surface area contributed by atoms with Crippen molar-refractivity contribution in [2.24, 2.45) is 0 Å². The number of thiophene rings is 2. The van der Waals surface area contributed by atoms with E-state index in [0.717, 1.165) is 0 Å². The summed E-state index contributed by atoms with van der Waals surface area (Å²) in [7, 11) is 0. The summed E-state index contributed by atoms with van der Waals surface area (Å²) in [6.07, 6.45) is 1.61. The van der Waals surface area contributed by atoms with Crippen molar-refractivity contribution in [2.75, 3.05) is 5.32 Å². The Bertz CT molecular complexity index is 695. The van der Waals surface area contributed by atoms with E-state index in [9.17, 15) is 9.59 Å². The number of hydrogen-bond acceptors (Lipinski definition) is 4. The van der Waals surface area contributed by atoms with Crippen molar-refractivity contribution in [3.63, 3.8) is 0 Å². The third kappa shape index (κ3) is 2.43. The Morgan fingerprint density at radius 2 is 1.55 bits per heavy atom. The lowest BCUT2D eigenvalue weighted by atomic mass is 10.3. The average molecular weight is 302 g/mol. The van der Waals surface area contributed by atoms with E-state index in [4.69, 9.17) is 0 Å². The molecule has 1 aliphatic rings. The maximum Gasteiger partial charge on any atom is 0.298 e. The van der Waals surface area contributed by atoms with Gasteiger partial charge >= 0.3 is 0 Å². The van der Waals surface area contributed by atoms with Crippen molar-refractivity contribution in [1.82, 2.24) is 4.98 Å². The summed E-state index contributed by atoms with van der Waals surface area (Å²) in [4.78, 5) is 26.8. The fraction of sp³-hybridized carbons (Fsp3) is 0. The van der Waals surface area contributed by atoms with Crippen molar-refractivity contribution in [1.29, 1.82) is 0 Å². The highest BCUT2D eigenvalue weighted by Gasteiger charge is 2.28. The smallest absolute Gasteiger partial charge is 0.298 e. The number of anilines is 1. The van der Waals surface area contributed by atoms with E-state index in [-0.39, 0.29) is 0 Å². The van der Waals surface area contributed by atoms with E-state index >= 15 is 0 Å². The highest BCUT2D eigenvalue weighted by molar-refractivity contribution is 7.20. The average Bonchev–Trinajstić information content (AvgIpc) is 3.18. The van der Waals surface area contributed by atoms with Gasteiger partial charge in [0.1, 0.15) is 5.69 Å². The zero-order valence-corrected chi connectivity index (χ0v) is 11.9. The lowest BCUT2D eigenvalue weighted by Crippen LogP contribution is -2.13. The quantitative estimate of drug-likeness (QED) is 0.674. The second-order valence-electron chi connectivity index (χ2n) is 4.00. The second kappa shape index (κ2) is 5.44. The molecule has 6 heteroatoms. The maximum absolute atomic E-state index is 10.8. The number of aromatic amines is 1. The Kier molecular flexibility index (Phi) is 3.49. The highest BCUT2D eigenvalue weighted by atomic mass is 32.1. The van der Waals surface area contributed by atoms with E-state index < -0.39 is 11.7 Å². The monoisotopic (exact) mass is 302 g/mol. The molecule has 20 heavy (non-hydrogen) atoms. The predicted octanol–water partition coefficient (Wildman–Crippen LogP) is 3.63. The van der Waals surface area contributed by atoms with E-state index in [0.29, 0.717) is 11.4 Å². The minimum atomic E-state index is -0.554. The van der Waals surface area contributed by atoms with Crippen LogP contribution in [-0.2, 0) is 4.79 Å². The normalized spacial score (nSPS) is 12.6. The zero-order chi connectivity index (χ0) is 13.9. The van der Waals surface area contributed by atoms with Gasteiger partial charge in [0.25, 0.3) is 11.7 Å². The number of aromatic nitrogens is 1. The molecule has 0 bridgehead atoms. The van der Waals surface area contributed by atoms with Crippen molar-refractivity contribution >= 4 is 40.1 Å². The van der Waals surface area contributed by atoms with Crippen LogP contribution in [0.2, 0.25) is 0 Å². The molecule has 0 saturated carbocycles. The first-order chi connectivity index (χ1) is 9.75. The zero-order valence-electron chi connectivity index (χ0n) is 10.3. The van der Waals surface area contributed by atoms with Crippen molar-refractivity contribution in [3.05, 3.63) is 53.0 Å². The molecule has 1 aliphatic heterocycles. The molecule has 0 unspecified atom stereocenters. The minimum absolute atomic E-state index is 0.366. The summed E-state index contributed by atoms with van der Waals surface area (Å²) in [5.41, 5.74) is 0.944. The van der Waals surface area contributed by atoms with E-state index in [2.05, 4.69) is 45.3 Å². The first-order valence-corrected chi connectivity index (χ1v) is 7.62. The molecule has 0 aliphatic carbocycles. The largest absolute Gasteiger partial charge is 0.357 e. The summed E-state index contributed by atoms with van der Waals surface area (Å²) in [5, 5.41) is 6.62. The SMILES string of the molecule is O=C1Nc2cc[nH]c2C1=O.c1csc(-c2cccs2)c1. The van der Waals surface area contributed by atoms with Gasteiger partial charge in [-0.25, -0.2) is 0 Å². The Labute approximate surface area is 123 Å². The van der Waals surface area contributed by atoms with Crippen LogP contribution in [-0.4, -0.2) is 16.7 Å².